The van der Waals surface area contributed by atoms with E-state index >= 15 is 0 Å². The monoisotopic (exact) mass is 394 g/mol. The van der Waals surface area contributed by atoms with Crippen molar-refractivity contribution in [3.05, 3.63) is 62.2 Å². The molecular weight excluding hydrogens is 375 g/mol. The number of benzene rings is 2. The van der Waals surface area contributed by atoms with E-state index in [2.05, 4.69) is 55.5 Å². The van der Waals surface area contributed by atoms with Crippen LogP contribution in [0.3, 0.4) is 0 Å². The third-order valence-electron chi connectivity index (χ3n) is 3.92. The lowest BCUT2D eigenvalue weighted by Crippen LogP contribution is -2.24. The minimum Gasteiger partial charge on any atom is -0.487 e. The second kappa shape index (κ2) is 5.29. The van der Waals surface area contributed by atoms with Crippen LogP contribution in [0.25, 0.3) is 0 Å². The molecule has 2 aromatic carbocycles. The van der Waals surface area contributed by atoms with E-state index in [-0.39, 0.29) is 5.60 Å². The second-order valence-electron chi connectivity index (χ2n) is 6.29. The molecule has 1 heterocycles. The van der Waals surface area contributed by atoms with Gasteiger partial charge in [0.05, 0.1) is 0 Å². The number of aliphatic hydroxyl groups is 1. The Morgan fingerprint density at radius 2 is 2.00 bits per heavy atom. The molecule has 0 fully saturated rings. The van der Waals surface area contributed by atoms with Crippen LogP contribution in [0.15, 0.2) is 36.4 Å². The maximum atomic E-state index is 10.7. The molecule has 1 atom stereocenters. The lowest BCUT2D eigenvalue weighted by molar-refractivity contribution is 0.138. The van der Waals surface area contributed by atoms with Gasteiger partial charge in [0.1, 0.15) is 17.5 Å². The van der Waals surface area contributed by atoms with E-state index in [4.69, 9.17) is 4.74 Å². The van der Waals surface area contributed by atoms with Gasteiger partial charge in [-0.15, -0.1) is 0 Å². The SMILES string of the molecule is Cc1cccc(C(O)c2ccc3c(c2)CC(C)(C)O3)c1I. The number of hydrogen-bond donors (Lipinski definition) is 1. The summed E-state index contributed by atoms with van der Waals surface area (Å²) in [5, 5.41) is 10.7. The molecular formula is C18H19IO2. The van der Waals surface area contributed by atoms with Gasteiger partial charge in [0.2, 0.25) is 0 Å². The smallest absolute Gasteiger partial charge is 0.123 e. The Morgan fingerprint density at radius 3 is 2.76 bits per heavy atom. The normalized spacial score (nSPS) is 17.2. The molecule has 1 aliphatic heterocycles. The summed E-state index contributed by atoms with van der Waals surface area (Å²) in [5.74, 6) is 0.940. The van der Waals surface area contributed by atoms with Crippen LogP contribution in [0.5, 0.6) is 5.75 Å². The number of aliphatic hydroxyl groups excluding tert-OH is 1. The zero-order chi connectivity index (χ0) is 15.2. The third-order valence-corrected chi connectivity index (χ3v) is 5.39. The fourth-order valence-electron chi connectivity index (χ4n) is 2.86. The Bertz CT molecular complexity index is 692. The highest BCUT2D eigenvalue weighted by atomic mass is 127. The highest BCUT2D eigenvalue weighted by Crippen LogP contribution is 2.37. The second-order valence-corrected chi connectivity index (χ2v) is 7.37. The Hall–Kier alpha value is -1.07. The van der Waals surface area contributed by atoms with Gasteiger partial charge in [-0.05, 0) is 77.7 Å². The summed E-state index contributed by atoms with van der Waals surface area (Å²) < 4.78 is 7.02. The standard InChI is InChI=1S/C18H19IO2/c1-11-5-4-6-14(16(11)19)17(20)12-7-8-15-13(9-12)10-18(2,3)21-15/h4-9,17,20H,10H2,1-3H3. The molecule has 0 aromatic heterocycles. The van der Waals surface area contributed by atoms with Gasteiger partial charge in [-0.25, -0.2) is 0 Å². The number of fused-ring (bicyclic) bond motifs is 1. The number of rotatable bonds is 2. The van der Waals surface area contributed by atoms with Crippen LogP contribution < -0.4 is 4.74 Å². The van der Waals surface area contributed by atoms with Crippen molar-refractivity contribution in [1.29, 1.82) is 0 Å². The lowest BCUT2D eigenvalue weighted by Gasteiger charge is -2.16. The van der Waals surface area contributed by atoms with Gasteiger partial charge >= 0.3 is 0 Å². The van der Waals surface area contributed by atoms with Crippen molar-refractivity contribution < 1.29 is 9.84 Å². The first kappa shape index (κ1) is 14.9. The summed E-state index contributed by atoms with van der Waals surface area (Å²) >= 11 is 2.30. The predicted molar refractivity (Wildman–Crippen MR) is 92.8 cm³/mol. The van der Waals surface area contributed by atoms with Gasteiger partial charge in [-0.3, -0.25) is 0 Å². The van der Waals surface area contributed by atoms with E-state index in [1.165, 1.54) is 11.1 Å². The van der Waals surface area contributed by atoms with Crippen LogP contribution >= 0.6 is 22.6 Å². The summed E-state index contributed by atoms with van der Waals surface area (Å²) in [6, 6.07) is 12.1. The Kier molecular flexibility index (Phi) is 3.74. The quantitative estimate of drug-likeness (QED) is 0.766. The zero-order valence-electron chi connectivity index (χ0n) is 12.5. The maximum Gasteiger partial charge on any atom is 0.123 e. The van der Waals surface area contributed by atoms with Crippen LogP contribution in [0.1, 0.15) is 42.2 Å². The number of aryl methyl sites for hydroxylation is 1. The zero-order valence-corrected chi connectivity index (χ0v) is 14.6. The van der Waals surface area contributed by atoms with Crippen molar-refractivity contribution in [2.75, 3.05) is 0 Å². The third kappa shape index (κ3) is 2.81. The van der Waals surface area contributed by atoms with Crippen LogP contribution in [0.4, 0.5) is 0 Å². The molecule has 1 aliphatic rings. The summed E-state index contributed by atoms with van der Waals surface area (Å²) in [6.45, 7) is 6.25. The van der Waals surface area contributed by atoms with E-state index in [9.17, 15) is 5.11 Å². The molecule has 21 heavy (non-hydrogen) atoms. The fourth-order valence-corrected chi connectivity index (χ4v) is 3.51. The molecule has 2 nitrogen and oxygen atoms in total. The molecule has 3 heteroatoms. The van der Waals surface area contributed by atoms with E-state index in [1.54, 1.807) is 0 Å². The molecule has 0 spiro atoms. The largest absolute Gasteiger partial charge is 0.487 e. The molecule has 0 saturated heterocycles. The average Bonchev–Trinajstić information content (AvgIpc) is 2.73. The fraction of sp³-hybridized carbons (Fsp3) is 0.333. The first-order chi connectivity index (χ1) is 9.87. The summed E-state index contributed by atoms with van der Waals surface area (Å²) in [4.78, 5) is 0. The van der Waals surface area contributed by atoms with Crippen LogP contribution in [0.2, 0.25) is 0 Å². The van der Waals surface area contributed by atoms with Crippen LogP contribution in [-0.4, -0.2) is 10.7 Å². The van der Waals surface area contributed by atoms with Gasteiger partial charge in [0.15, 0.2) is 0 Å². The maximum absolute atomic E-state index is 10.7. The van der Waals surface area contributed by atoms with E-state index in [0.29, 0.717) is 0 Å². The Labute approximate surface area is 139 Å². The van der Waals surface area contributed by atoms with E-state index in [1.807, 2.05) is 24.3 Å². The first-order valence-corrected chi connectivity index (χ1v) is 8.20. The highest BCUT2D eigenvalue weighted by molar-refractivity contribution is 14.1. The molecule has 3 rings (SSSR count). The van der Waals surface area contributed by atoms with Gasteiger partial charge in [-0.1, -0.05) is 24.3 Å². The number of ether oxygens (including phenoxy) is 1. The number of hydrogen-bond acceptors (Lipinski definition) is 2. The van der Waals surface area contributed by atoms with Crippen LogP contribution in [-0.2, 0) is 6.42 Å². The highest BCUT2D eigenvalue weighted by Gasteiger charge is 2.30. The molecule has 110 valence electrons. The van der Waals surface area contributed by atoms with E-state index < -0.39 is 6.10 Å². The van der Waals surface area contributed by atoms with Gasteiger partial charge in [0.25, 0.3) is 0 Å². The molecule has 0 amide bonds. The van der Waals surface area contributed by atoms with Crippen molar-refractivity contribution >= 4 is 22.6 Å². The molecule has 1 unspecified atom stereocenters. The van der Waals surface area contributed by atoms with Gasteiger partial charge < -0.3 is 9.84 Å². The summed E-state index contributed by atoms with van der Waals surface area (Å²) in [5.41, 5.74) is 4.12. The molecule has 0 aliphatic carbocycles. The summed E-state index contributed by atoms with van der Waals surface area (Å²) in [6.07, 6.45) is 0.291. The number of halogens is 1. The van der Waals surface area contributed by atoms with Gasteiger partial charge in [0, 0.05) is 9.99 Å². The van der Waals surface area contributed by atoms with E-state index in [0.717, 1.165) is 26.9 Å². The topological polar surface area (TPSA) is 29.5 Å². The molecule has 0 saturated carbocycles. The summed E-state index contributed by atoms with van der Waals surface area (Å²) in [7, 11) is 0. The Balaban J connectivity index is 1.97. The van der Waals surface area contributed by atoms with Crippen molar-refractivity contribution in [1.82, 2.24) is 0 Å². The van der Waals surface area contributed by atoms with Crippen molar-refractivity contribution in [2.45, 2.75) is 38.9 Å². The molecule has 2 aromatic rings. The molecule has 1 N–H and O–H groups in total. The predicted octanol–water partition coefficient (Wildman–Crippen LogP) is 4.39. The van der Waals surface area contributed by atoms with Gasteiger partial charge in [-0.2, -0.15) is 0 Å². The minimum absolute atomic E-state index is 0.149. The average molecular weight is 394 g/mol. The molecule has 0 bridgehead atoms. The minimum atomic E-state index is -0.592. The Morgan fingerprint density at radius 1 is 1.24 bits per heavy atom. The van der Waals surface area contributed by atoms with Crippen molar-refractivity contribution in [2.24, 2.45) is 0 Å². The first-order valence-electron chi connectivity index (χ1n) is 7.12. The van der Waals surface area contributed by atoms with Crippen molar-refractivity contribution in [3.63, 3.8) is 0 Å². The van der Waals surface area contributed by atoms with Crippen LogP contribution in [0, 0.1) is 10.5 Å². The lowest BCUT2D eigenvalue weighted by atomic mass is 9.95. The van der Waals surface area contributed by atoms with Crippen molar-refractivity contribution in [3.8, 4) is 5.75 Å². The molecule has 0 radical (unpaired) electrons.